The zero-order valence-electron chi connectivity index (χ0n) is 27.3. The van der Waals surface area contributed by atoms with Crippen LogP contribution in [0, 0.1) is 5.82 Å². The molecule has 0 spiro atoms. The molecule has 1 fully saturated rings. The van der Waals surface area contributed by atoms with Crippen molar-refractivity contribution in [2.45, 2.75) is 42.6 Å². The average Bonchev–Trinajstić information content (AvgIpc) is 3.45. The van der Waals surface area contributed by atoms with E-state index in [1.165, 1.54) is 19.2 Å². The van der Waals surface area contributed by atoms with E-state index in [0.717, 1.165) is 22.5 Å². The van der Waals surface area contributed by atoms with Gasteiger partial charge in [-0.05, 0) is 61.4 Å². The fourth-order valence-corrected chi connectivity index (χ4v) is 8.24. The van der Waals surface area contributed by atoms with E-state index < -0.39 is 80.3 Å². The first-order chi connectivity index (χ1) is 24.8. The molecule has 53 heavy (non-hydrogen) atoms. The summed E-state index contributed by atoms with van der Waals surface area (Å²) in [6.45, 7) is -0.416. The van der Waals surface area contributed by atoms with Crippen LogP contribution < -0.4 is 20.7 Å². The van der Waals surface area contributed by atoms with Crippen LogP contribution in [0.1, 0.15) is 50.4 Å². The number of fused-ring (bicyclic) bond motifs is 1. The number of ether oxygens (including phenoxy) is 1. The van der Waals surface area contributed by atoms with E-state index in [4.69, 9.17) is 9.84 Å². The summed E-state index contributed by atoms with van der Waals surface area (Å²) in [5.41, 5.74) is -4.03. The van der Waals surface area contributed by atoms with Gasteiger partial charge in [0.25, 0.3) is 11.8 Å². The second-order valence-electron chi connectivity index (χ2n) is 11.7. The van der Waals surface area contributed by atoms with Gasteiger partial charge in [0.2, 0.25) is 15.9 Å². The molecule has 1 aromatic heterocycles. The minimum absolute atomic E-state index is 0.0677. The van der Waals surface area contributed by atoms with Crippen LogP contribution in [0.2, 0.25) is 0 Å². The summed E-state index contributed by atoms with van der Waals surface area (Å²) >= 11 is 0.474. The summed E-state index contributed by atoms with van der Waals surface area (Å²) in [7, 11) is -3.11. The molecule has 4 aromatic rings. The minimum Gasteiger partial charge on any atom is -0.496 e. The first kappa shape index (κ1) is 39.4. The largest absolute Gasteiger partial charge is 0.496 e. The van der Waals surface area contributed by atoms with Crippen LogP contribution in [0.3, 0.4) is 0 Å². The van der Waals surface area contributed by atoms with Gasteiger partial charge in [-0.3, -0.25) is 14.4 Å². The maximum atomic E-state index is 13.9. The van der Waals surface area contributed by atoms with Gasteiger partial charge < -0.3 is 25.8 Å². The van der Waals surface area contributed by atoms with Crippen molar-refractivity contribution in [1.82, 2.24) is 9.62 Å². The Morgan fingerprint density at radius 1 is 0.962 bits per heavy atom. The lowest BCUT2D eigenvalue weighted by atomic mass is 10.1. The van der Waals surface area contributed by atoms with Gasteiger partial charge in [0.15, 0.2) is 0 Å². The van der Waals surface area contributed by atoms with Crippen molar-refractivity contribution in [3.63, 3.8) is 0 Å². The Bertz CT molecular complexity index is 2170. The molecule has 4 N–H and O–H groups in total. The van der Waals surface area contributed by atoms with Gasteiger partial charge in [-0.25, -0.2) is 12.8 Å². The minimum atomic E-state index is -5.12. The van der Waals surface area contributed by atoms with Crippen molar-refractivity contribution in [3.05, 3.63) is 82.0 Å². The first-order valence-corrected chi connectivity index (χ1v) is 17.8. The third-order valence-corrected chi connectivity index (χ3v) is 11.1. The SMILES string of the molecule is COc1ccc(S(=O)(=O)N2CCC[C@@H](NC(=O)CCO)C2)cc1C(=O)Nc1c(C(=O)Nc2ccc(F)c(C(F)(F)F)c2)sc2cc(C(F)(F)F)ccc12. The van der Waals surface area contributed by atoms with Crippen molar-refractivity contribution < 1.29 is 63.4 Å². The van der Waals surface area contributed by atoms with E-state index in [-0.39, 0.29) is 51.5 Å². The molecule has 20 heteroatoms. The Morgan fingerprint density at radius 2 is 1.70 bits per heavy atom. The molecule has 0 radical (unpaired) electrons. The van der Waals surface area contributed by atoms with Gasteiger partial charge in [0.1, 0.15) is 16.4 Å². The van der Waals surface area contributed by atoms with Gasteiger partial charge in [-0.2, -0.15) is 30.6 Å². The number of aliphatic hydroxyl groups excluding tert-OH is 1. The van der Waals surface area contributed by atoms with Gasteiger partial charge in [-0.15, -0.1) is 11.3 Å². The van der Waals surface area contributed by atoms with Crippen LogP contribution in [0.5, 0.6) is 5.75 Å². The number of hydrogen-bond acceptors (Lipinski definition) is 8. The van der Waals surface area contributed by atoms with Crippen molar-refractivity contribution in [3.8, 4) is 5.75 Å². The summed E-state index contributed by atoms with van der Waals surface area (Å²) in [4.78, 5) is 38.5. The monoisotopic (exact) mass is 790 g/mol. The van der Waals surface area contributed by atoms with Crippen LogP contribution in [0.15, 0.2) is 59.5 Å². The molecule has 2 heterocycles. The summed E-state index contributed by atoms with van der Waals surface area (Å²) in [5.74, 6) is -4.45. The number of anilines is 2. The predicted octanol–water partition coefficient (Wildman–Crippen LogP) is 6.24. The Labute approximate surface area is 300 Å². The number of carbonyl (C=O) groups is 3. The molecule has 3 amide bonds. The lowest BCUT2D eigenvalue weighted by Gasteiger charge is -2.32. The average molecular weight is 791 g/mol. The Morgan fingerprint density at radius 3 is 2.36 bits per heavy atom. The highest BCUT2D eigenvalue weighted by Gasteiger charge is 2.36. The van der Waals surface area contributed by atoms with Crippen molar-refractivity contribution in [2.24, 2.45) is 0 Å². The van der Waals surface area contributed by atoms with E-state index in [1.54, 1.807) is 0 Å². The Balaban J connectivity index is 1.50. The van der Waals surface area contributed by atoms with E-state index >= 15 is 0 Å². The van der Waals surface area contributed by atoms with Crippen molar-refractivity contribution in [2.75, 3.05) is 37.4 Å². The molecule has 0 unspecified atom stereocenters. The van der Waals surface area contributed by atoms with Crippen LogP contribution in [0.4, 0.5) is 42.1 Å². The molecule has 1 atom stereocenters. The summed E-state index contributed by atoms with van der Waals surface area (Å²) in [6, 6.07) is 6.80. The van der Waals surface area contributed by atoms with Gasteiger partial charge >= 0.3 is 12.4 Å². The van der Waals surface area contributed by atoms with Crippen LogP contribution in [-0.4, -0.2) is 68.4 Å². The summed E-state index contributed by atoms with van der Waals surface area (Å²) in [6.07, 6.45) is -9.24. The molecular weight excluding hydrogens is 762 g/mol. The second kappa shape index (κ2) is 15.3. The summed E-state index contributed by atoms with van der Waals surface area (Å²) in [5, 5.41) is 16.2. The molecule has 0 saturated carbocycles. The number of sulfonamides is 1. The topological polar surface area (TPSA) is 154 Å². The third kappa shape index (κ3) is 8.72. The second-order valence-corrected chi connectivity index (χ2v) is 14.7. The summed E-state index contributed by atoms with van der Waals surface area (Å²) < 4.78 is 128. The molecule has 5 rings (SSSR count). The number of alkyl halides is 6. The number of nitrogens with one attached hydrogen (secondary N) is 3. The van der Waals surface area contributed by atoms with E-state index in [2.05, 4.69) is 16.0 Å². The maximum Gasteiger partial charge on any atom is 0.419 e. The number of hydrogen-bond donors (Lipinski definition) is 4. The van der Waals surface area contributed by atoms with E-state index in [9.17, 15) is 53.5 Å². The van der Waals surface area contributed by atoms with Crippen LogP contribution in [0.25, 0.3) is 10.1 Å². The highest BCUT2D eigenvalue weighted by molar-refractivity contribution is 7.89. The molecule has 1 aliphatic rings. The molecule has 0 bridgehead atoms. The number of nitrogens with zero attached hydrogens (tertiary/aromatic N) is 1. The number of thiophene rings is 1. The molecule has 1 aliphatic heterocycles. The Kier molecular flexibility index (Phi) is 11.4. The van der Waals surface area contributed by atoms with Gasteiger partial charge in [0.05, 0.1) is 41.0 Å². The zero-order chi connectivity index (χ0) is 38.9. The number of methoxy groups -OCH3 is 1. The smallest absolute Gasteiger partial charge is 0.419 e. The number of aliphatic hydroxyl groups is 1. The van der Waals surface area contributed by atoms with Gasteiger partial charge in [-0.1, -0.05) is 6.07 Å². The number of benzene rings is 3. The van der Waals surface area contributed by atoms with E-state index in [1.807, 2.05) is 0 Å². The lowest BCUT2D eigenvalue weighted by Crippen LogP contribution is -2.49. The maximum absolute atomic E-state index is 13.9. The van der Waals surface area contributed by atoms with Crippen LogP contribution >= 0.6 is 11.3 Å². The molecule has 3 aromatic carbocycles. The number of rotatable bonds is 10. The molecule has 0 aliphatic carbocycles. The predicted molar refractivity (Wildman–Crippen MR) is 179 cm³/mol. The highest BCUT2D eigenvalue weighted by Crippen LogP contribution is 2.41. The number of carbonyl (C=O) groups excluding carboxylic acids is 3. The van der Waals surface area contributed by atoms with Crippen LogP contribution in [-0.2, 0) is 27.2 Å². The standard InChI is InChI=1S/C33H29F7N4O7S2/c1-51-25-9-6-20(53(49,50)44-11-2-3-19(16-44)41-27(46)10-12-45)15-22(25)30(47)43-28-21-7-4-17(32(35,36)37)13-26(21)52-29(28)31(48)42-18-5-8-24(34)23(14-18)33(38,39)40/h4-9,13-15,19,45H,2-3,10-12,16H2,1H3,(H,41,46)(H,42,48)(H,43,47)/t19-/m1/s1. The molecule has 1 saturated heterocycles. The number of piperidine rings is 1. The number of amides is 3. The fraction of sp³-hybridized carbons (Fsp3) is 0.303. The molecule has 11 nitrogen and oxygen atoms in total. The fourth-order valence-electron chi connectivity index (χ4n) is 5.60. The first-order valence-electron chi connectivity index (χ1n) is 15.5. The molecule has 284 valence electrons. The molecular formula is C33H29F7N4O7S2. The van der Waals surface area contributed by atoms with E-state index in [0.29, 0.717) is 48.4 Å². The van der Waals surface area contributed by atoms with Crippen molar-refractivity contribution in [1.29, 1.82) is 0 Å². The zero-order valence-corrected chi connectivity index (χ0v) is 29.0. The third-order valence-electron chi connectivity index (χ3n) is 8.13. The lowest BCUT2D eigenvalue weighted by molar-refractivity contribution is -0.140. The normalized spacial score (nSPS) is 15.6. The van der Waals surface area contributed by atoms with Gasteiger partial charge in [0, 0.05) is 41.3 Å². The number of halogens is 7. The Hall–Kier alpha value is -4.79. The highest BCUT2D eigenvalue weighted by atomic mass is 32.2. The quantitative estimate of drug-likeness (QED) is 0.139. The van der Waals surface area contributed by atoms with Crippen molar-refractivity contribution >= 4 is 60.5 Å².